The van der Waals surface area contributed by atoms with Crippen LogP contribution < -0.4 is 5.32 Å². The predicted octanol–water partition coefficient (Wildman–Crippen LogP) is 3.79. The molecule has 0 amide bonds. The summed E-state index contributed by atoms with van der Waals surface area (Å²) in [6.45, 7) is 3.88. The van der Waals surface area contributed by atoms with Crippen molar-refractivity contribution in [3.63, 3.8) is 0 Å². The van der Waals surface area contributed by atoms with Gasteiger partial charge in [-0.1, -0.05) is 28.1 Å². The summed E-state index contributed by atoms with van der Waals surface area (Å²) in [6, 6.07) is 10.2. The standard InChI is InChI=1S/C15H18BrNO2/c1-11-13(8-17-2)7-15(19-11)10-18-9-12-4-3-5-14(16)6-12/h3-7,17H,8-10H2,1-2H3. The Kier molecular flexibility index (Phi) is 5.19. The Morgan fingerprint density at radius 2 is 2.11 bits per heavy atom. The van der Waals surface area contributed by atoms with Gasteiger partial charge in [-0.25, -0.2) is 0 Å². The molecule has 0 aliphatic carbocycles. The molecule has 1 aromatic carbocycles. The average molecular weight is 324 g/mol. The number of hydrogen-bond donors (Lipinski definition) is 1. The molecule has 0 saturated carbocycles. The maximum atomic E-state index is 5.67. The lowest BCUT2D eigenvalue weighted by atomic mass is 10.2. The van der Waals surface area contributed by atoms with Gasteiger partial charge in [0, 0.05) is 16.6 Å². The number of ether oxygens (including phenoxy) is 1. The molecule has 2 aromatic rings. The van der Waals surface area contributed by atoms with Crippen molar-refractivity contribution in [2.45, 2.75) is 26.7 Å². The Morgan fingerprint density at radius 1 is 1.26 bits per heavy atom. The van der Waals surface area contributed by atoms with Crippen molar-refractivity contribution in [2.24, 2.45) is 0 Å². The molecule has 4 heteroatoms. The number of furan rings is 1. The molecular formula is C15H18BrNO2. The van der Waals surface area contributed by atoms with Crippen LogP contribution in [0.3, 0.4) is 0 Å². The molecule has 0 bridgehead atoms. The summed E-state index contributed by atoms with van der Waals surface area (Å²) in [7, 11) is 1.93. The van der Waals surface area contributed by atoms with Gasteiger partial charge in [-0.2, -0.15) is 0 Å². The van der Waals surface area contributed by atoms with E-state index in [1.165, 1.54) is 5.56 Å². The fourth-order valence-corrected chi connectivity index (χ4v) is 2.37. The van der Waals surface area contributed by atoms with Crippen molar-refractivity contribution in [2.75, 3.05) is 7.05 Å². The second-order valence-corrected chi connectivity index (χ2v) is 5.36. The zero-order valence-electron chi connectivity index (χ0n) is 11.2. The van der Waals surface area contributed by atoms with E-state index in [-0.39, 0.29) is 0 Å². The second-order valence-electron chi connectivity index (χ2n) is 4.45. The van der Waals surface area contributed by atoms with Gasteiger partial charge in [-0.3, -0.25) is 0 Å². The van der Waals surface area contributed by atoms with E-state index in [2.05, 4.69) is 27.3 Å². The first-order valence-corrected chi connectivity index (χ1v) is 7.03. The fraction of sp³-hybridized carbons (Fsp3) is 0.333. The Labute approximate surface area is 122 Å². The van der Waals surface area contributed by atoms with Crippen LogP contribution in [0.1, 0.15) is 22.6 Å². The molecule has 0 radical (unpaired) electrons. The SMILES string of the molecule is CNCc1cc(COCc2cccc(Br)c2)oc1C. The molecule has 3 nitrogen and oxygen atoms in total. The van der Waals surface area contributed by atoms with Crippen molar-refractivity contribution >= 4 is 15.9 Å². The van der Waals surface area contributed by atoms with E-state index in [1.807, 2.05) is 38.2 Å². The van der Waals surface area contributed by atoms with Crippen LogP contribution in [0.15, 0.2) is 39.2 Å². The third-order valence-electron chi connectivity index (χ3n) is 2.84. The Hall–Kier alpha value is -1.10. The van der Waals surface area contributed by atoms with Gasteiger partial charge in [0.1, 0.15) is 18.1 Å². The van der Waals surface area contributed by atoms with Gasteiger partial charge in [-0.15, -0.1) is 0 Å². The maximum absolute atomic E-state index is 5.67. The first kappa shape index (κ1) is 14.3. The average Bonchev–Trinajstić information content (AvgIpc) is 2.71. The molecule has 19 heavy (non-hydrogen) atoms. The van der Waals surface area contributed by atoms with Crippen LogP contribution in [0.5, 0.6) is 0 Å². The van der Waals surface area contributed by atoms with Gasteiger partial charge in [-0.05, 0) is 37.7 Å². The van der Waals surface area contributed by atoms with Gasteiger partial charge in [0.15, 0.2) is 0 Å². The zero-order valence-corrected chi connectivity index (χ0v) is 12.8. The molecule has 2 rings (SSSR count). The van der Waals surface area contributed by atoms with E-state index < -0.39 is 0 Å². The summed E-state index contributed by atoms with van der Waals surface area (Å²) >= 11 is 3.45. The normalized spacial score (nSPS) is 10.9. The monoisotopic (exact) mass is 323 g/mol. The first-order valence-electron chi connectivity index (χ1n) is 6.24. The van der Waals surface area contributed by atoms with Crippen LogP contribution in [0.4, 0.5) is 0 Å². The fourth-order valence-electron chi connectivity index (χ4n) is 1.92. The number of aryl methyl sites for hydroxylation is 1. The molecular weight excluding hydrogens is 306 g/mol. The summed E-state index contributed by atoms with van der Waals surface area (Å²) in [5, 5.41) is 3.12. The Morgan fingerprint density at radius 3 is 2.84 bits per heavy atom. The molecule has 1 aromatic heterocycles. The first-order chi connectivity index (χ1) is 9.19. The van der Waals surface area contributed by atoms with E-state index >= 15 is 0 Å². The lowest BCUT2D eigenvalue weighted by molar-refractivity contribution is 0.0923. The molecule has 0 unspecified atom stereocenters. The number of rotatable bonds is 6. The highest BCUT2D eigenvalue weighted by Gasteiger charge is 2.06. The second kappa shape index (κ2) is 6.89. The summed E-state index contributed by atoms with van der Waals surface area (Å²) < 4.78 is 12.4. The molecule has 0 saturated heterocycles. The molecule has 0 aliphatic heterocycles. The highest BCUT2D eigenvalue weighted by Crippen LogP contribution is 2.17. The van der Waals surface area contributed by atoms with Crippen LogP contribution in [-0.2, 0) is 24.5 Å². The Bertz CT molecular complexity index is 537. The van der Waals surface area contributed by atoms with Crippen molar-refractivity contribution in [3.05, 3.63) is 57.5 Å². The van der Waals surface area contributed by atoms with E-state index in [4.69, 9.17) is 9.15 Å². The van der Waals surface area contributed by atoms with E-state index in [0.717, 1.165) is 28.1 Å². The minimum atomic E-state index is 0.497. The zero-order chi connectivity index (χ0) is 13.7. The van der Waals surface area contributed by atoms with Crippen LogP contribution in [-0.4, -0.2) is 7.05 Å². The third-order valence-corrected chi connectivity index (χ3v) is 3.33. The smallest absolute Gasteiger partial charge is 0.130 e. The highest BCUT2D eigenvalue weighted by atomic mass is 79.9. The molecule has 1 N–H and O–H groups in total. The van der Waals surface area contributed by atoms with Crippen molar-refractivity contribution < 1.29 is 9.15 Å². The van der Waals surface area contributed by atoms with Gasteiger partial charge >= 0.3 is 0 Å². The summed E-state index contributed by atoms with van der Waals surface area (Å²) in [6.07, 6.45) is 0. The largest absolute Gasteiger partial charge is 0.464 e. The van der Waals surface area contributed by atoms with Gasteiger partial charge in [0.25, 0.3) is 0 Å². The van der Waals surface area contributed by atoms with Crippen molar-refractivity contribution in [1.82, 2.24) is 5.32 Å². The minimum Gasteiger partial charge on any atom is -0.464 e. The van der Waals surface area contributed by atoms with Crippen LogP contribution >= 0.6 is 15.9 Å². The molecule has 0 atom stereocenters. The molecule has 0 fully saturated rings. The highest BCUT2D eigenvalue weighted by molar-refractivity contribution is 9.10. The predicted molar refractivity (Wildman–Crippen MR) is 78.8 cm³/mol. The van der Waals surface area contributed by atoms with Gasteiger partial charge in [0.05, 0.1) is 6.61 Å². The summed E-state index contributed by atoms with van der Waals surface area (Å²) in [4.78, 5) is 0. The number of benzene rings is 1. The third kappa shape index (κ3) is 4.20. The molecule has 0 spiro atoms. The molecule has 0 aliphatic rings. The quantitative estimate of drug-likeness (QED) is 0.878. The van der Waals surface area contributed by atoms with Crippen LogP contribution in [0.25, 0.3) is 0 Å². The van der Waals surface area contributed by atoms with E-state index in [1.54, 1.807) is 0 Å². The van der Waals surface area contributed by atoms with Crippen LogP contribution in [0, 0.1) is 6.92 Å². The molecule has 1 heterocycles. The number of halogens is 1. The van der Waals surface area contributed by atoms with E-state index in [0.29, 0.717) is 13.2 Å². The van der Waals surface area contributed by atoms with Crippen molar-refractivity contribution in [3.8, 4) is 0 Å². The number of hydrogen-bond acceptors (Lipinski definition) is 3. The lowest BCUT2D eigenvalue weighted by Crippen LogP contribution is -2.04. The van der Waals surface area contributed by atoms with E-state index in [9.17, 15) is 0 Å². The van der Waals surface area contributed by atoms with Crippen molar-refractivity contribution in [1.29, 1.82) is 0 Å². The summed E-state index contributed by atoms with van der Waals surface area (Å²) in [5.74, 6) is 1.83. The lowest BCUT2D eigenvalue weighted by Gasteiger charge is -2.02. The minimum absolute atomic E-state index is 0.497. The summed E-state index contributed by atoms with van der Waals surface area (Å²) in [5.41, 5.74) is 2.33. The van der Waals surface area contributed by atoms with Gasteiger partial charge in [0.2, 0.25) is 0 Å². The Balaban J connectivity index is 1.87. The maximum Gasteiger partial charge on any atom is 0.130 e. The van der Waals surface area contributed by atoms with Crippen LogP contribution in [0.2, 0.25) is 0 Å². The topological polar surface area (TPSA) is 34.4 Å². The molecule has 102 valence electrons. The number of nitrogens with one attached hydrogen (secondary N) is 1. The van der Waals surface area contributed by atoms with Gasteiger partial charge < -0.3 is 14.5 Å².